The van der Waals surface area contributed by atoms with Crippen LogP contribution in [0.5, 0.6) is 0 Å². The molecule has 1 amide bonds. The molecule has 43 heavy (non-hydrogen) atoms. The molecule has 3 aromatic carbocycles. The summed E-state index contributed by atoms with van der Waals surface area (Å²) in [5.74, 6) is -0.963. The largest absolute Gasteiger partial charge is 1.00 e. The van der Waals surface area contributed by atoms with Gasteiger partial charge in [0.15, 0.2) is 0 Å². The number of hydrogen-bond donors (Lipinski definition) is 1. The number of aliphatic carboxylic acids is 1. The molecule has 0 saturated carbocycles. The summed E-state index contributed by atoms with van der Waals surface area (Å²) in [5.41, 5.74) is 4.51. The van der Waals surface area contributed by atoms with E-state index < -0.39 is 27.9 Å². The van der Waals surface area contributed by atoms with Gasteiger partial charge < -0.3 is 15.2 Å². The number of sulfonamides is 1. The molecule has 3 rings (SSSR count). The summed E-state index contributed by atoms with van der Waals surface area (Å²) in [6.07, 6.45) is 4.79. The zero-order chi connectivity index (χ0) is 30.5. The van der Waals surface area contributed by atoms with Crippen molar-refractivity contribution in [2.45, 2.75) is 58.5 Å². The number of nitrogens with one attached hydrogen (secondary N) is 1. The van der Waals surface area contributed by atoms with E-state index in [2.05, 4.69) is 5.32 Å². The van der Waals surface area contributed by atoms with E-state index in [0.717, 1.165) is 34.4 Å². The van der Waals surface area contributed by atoms with E-state index >= 15 is 0 Å². The number of carboxylic acids is 1. The van der Waals surface area contributed by atoms with Crippen molar-refractivity contribution in [1.29, 1.82) is 0 Å². The monoisotopic (exact) mass is 616 g/mol. The zero-order valence-electron chi connectivity index (χ0n) is 25.7. The Bertz CT molecular complexity index is 1430. The molecule has 0 saturated heterocycles. The maximum Gasteiger partial charge on any atom is 1.00 e. The molecule has 0 aliphatic heterocycles. The van der Waals surface area contributed by atoms with Crippen molar-refractivity contribution >= 4 is 33.7 Å². The smallest absolute Gasteiger partial charge is 0.548 e. The fourth-order valence-electron chi connectivity index (χ4n) is 4.78. The molecule has 0 fully saturated rings. The molecule has 0 bridgehead atoms. The second-order valence-electron chi connectivity index (χ2n) is 10.4. The predicted molar refractivity (Wildman–Crippen MR) is 170 cm³/mol. The van der Waals surface area contributed by atoms with E-state index in [1.165, 1.54) is 4.31 Å². The van der Waals surface area contributed by atoms with E-state index in [1.807, 2.05) is 80.8 Å². The van der Waals surface area contributed by atoms with E-state index in [9.17, 15) is 23.1 Å². The molecule has 226 valence electrons. The van der Waals surface area contributed by atoms with Gasteiger partial charge in [0.05, 0.1) is 17.8 Å². The van der Waals surface area contributed by atoms with Crippen LogP contribution in [0.2, 0.25) is 0 Å². The molecular weight excluding hydrogens is 575 g/mol. The molecule has 0 unspecified atom stereocenters. The van der Waals surface area contributed by atoms with Crippen molar-refractivity contribution in [3.8, 4) is 11.1 Å². The van der Waals surface area contributed by atoms with Crippen LogP contribution in [0, 0.1) is 6.92 Å². The first-order valence-electron chi connectivity index (χ1n) is 14.4. The van der Waals surface area contributed by atoms with Crippen LogP contribution >= 0.6 is 11.8 Å². The van der Waals surface area contributed by atoms with E-state index in [4.69, 9.17) is 0 Å². The average Bonchev–Trinajstić information content (AvgIpc) is 2.98. The Hall–Kier alpha value is -2.54. The molecule has 0 aromatic heterocycles. The van der Waals surface area contributed by atoms with Crippen molar-refractivity contribution in [2.75, 3.05) is 24.3 Å². The van der Waals surface area contributed by atoms with E-state index in [1.54, 1.807) is 23.9 Å². The Morgan fingerprint density at radius 1 is 0.953 bits per heavy atom. The molecule has 7 nitrogen and oxygen atoms in total. The molecule has 0 aliphatic rings. The number of aryl methyl sites for hydroxylation is 1. The molecule has 3 aromatic rings. The summed E-state index contributed by atoms with van der Waals surface area (Å²) in [7, 11) is -3.52. The third kappa shape index (κ3) is 11.2. The van der Waals surface area contributed by atoms with Crippen LogP contribution in [-0.4, -0.2) is 54.9 Å². The number of benzene rings is 3. The van der Waals surface area contributed by atoms with Gasteiger partial charge in [-0.2, -0.15) is 16.1 Å². The Morgan fingerprint density at radius 3 is 2.30 bits per heavy atom. The fourth-order valence-corrected chi connectivity index (χ4v) is 6.86. The van der Waals surface area contributed by atoms with Crippen LogP contribution in [0.3, 0.4) is 0 Å². The second kappa shape index (κ2) is 18.3. The van der Waals surface area contributed by atoms with Crippen LogP contribution in [0.1, 0.15) is 59.7 Å². The summed E-state index contributed by atoms with van der Waals surface area (Å²) in [4.78, 5) is 25.2. The number of carboxylic acid groups (broad SMARTS) is 1. The summed E-state index contributed by atoms with van der Waals surface area (Å²) in [5, 5.41) is 14.4. The van der Waals surface area contributed by atoms with Crippen molar-refractivity contribution < 1.29 is 42.0 Å². The summed E-state index contributed by atoms with van der Waals surface area (Å²) < 4.78 is 28.3. The maximum atomic E-state index is 13.5. The Labute approximate surface area is 273 Å². The summed E-state index contributed by atoms with van der Waals surface area (Å²) >= 11 is 1.61. The van der Waals surface area contributed by atoms with Gasteiger partial charge in [0, 0.05) is 18.7 Å². The number of hydrogen-bond acceptors (Lipinski definition) is 6. The molecule has 0 radical (unpaired) electrons. The van der Waals surface area contributed by atoms with Gasteiger partial charge in [0.1, 0.15) is 0 Å². The molecule has 0 aliphatic carbocycles. The third-order valence-corrected chi connectivity index (χ3v) is 9.80. The first kappa shape index (κ1) is 36.6. The van der Waals surface area contributed by atoms with Crippen LogP contribution in [0.4, 0.5) is 0 Å². The van der Waals surface area contributed by atoms with Crippen molar-refractivity contribution in [3.05, 3.63) is 95.1 Å². The first-order chi connectivity index (χ1) is 20.2. The predicted octanol–water partition coefficient (Wildman–Crippen LogP) is 1.83. The number of carbonyl (C=O) groups excluding carboxylic acids is 2. The minimum absolute atomic E-state index is 0. The maximum absolute atomic E-state index is 13.5. The van der Waals surface area contributed by atoms with Crippen LogP contribution < -0.4 is 29.3 Å². The average molecular weight is 617 g/mol. The number of nitrogens with zero attached hydrogens (tertiary/aromatic N) is 1. The Morgan fingerprint density at radius 2 is 1.65 bits per heavy atom. The van der Waals surface area contributed by atoms with Gasteiger partial charge >= 0.3 is 18.9 Å². The van der Waals surface area contributed by atoms with Crippen LogP contribution in [-0.2, 0) is 27.8 Å². The van der Waals surface area contributed by atoms with Crippen LogP contribution in [0.15, 0.2) is 72.8 Å². The van der Waals surface area contributed by atoms with Gasteiger partial charge in [-0.1, -0.05) is 74.0 Å². The Balaban J connectivity index is 0.00000645. The normalized spacial score (nSPS) is 12.0. The number of thioether (sulfide) groups is 1. The minimum Gasteiger partial charge on any atom is -0.548 e. The van der Waals surface area contributed by atoms with Gasteiger partial charge in [-0.3, -0.25) is 4.79 Å². The molecule has 1 N–H and O–H groups in total. The van der Waals surface area contributed by atoms with E-state index in [0.29, 0.717) is 36.9 Å². The van der Waals surface area contributed by atoms with E-state index in [-0.39, 0.29) is 37.6 Å². The molecule has 0 spiro atoms. The minimum atomic E-state index is -3.52. The van der Waals surface area contributed by atoms with Gasteiger partial charge in [-0.15, -0.1) is 0 Å². The first-order valence-corrected chi connectivity index (χ1v) is 17.4. The van der Waals surface area contributed by atoms with Gasteiger partial charge in [0.2, 0.25) is 10.0 Å². The topological polar surface area (TPSA) is 107 Å². The molecular formula is C33H41LiN2O5S2. The van der Waals surface area contributed by atoms with Gasteiger partial charge in [0.25, 0.3) is 5.91 Å². The van der Waals surface area contributed by atoms with Crippen molar-refractivity contribution in [1.82, 2.24) is 9.62 Å². The summed E-state index contributed by atoms with van der Waals surface area (Å²) in [6.45, 7) is 4.41. The van der Waals surface area contributed by atoms with Crippen molar-refractivity contribution in [2.24, 2.45) is 0 Å². The number of amides is 1. The van der Waals surface area contributed by atoms with Gasteiger partial charge in [-0.05, 0) is 84.6 Å². The quantitative estimate of drug-likeness (QED) is 0.183. The summed E-state index contributed by atoms with van der Waals surface area (Å²) in [6, 6.07) is 21.6. The third-order valence-electron chi connectivity index (χ3n) is 7.20. The van der Waals surface area contributed by atoms with Crippen molar-refractivity contribution in [3.63, 3.8) is 0 Å². The van der Waals surface area contributed by atoms with Crippen LogP contribution in [0.25, 0.3) is 11.1 Å². The zero-order valence-corrected chi connectivity index (χ0v) is 27.3. The molecule has 0 heterocycles. The number of rotatable bonds is 17. The number of unbranched alkanes of at least 4 members (excludes halogenated alkanes) is 1. The molecule has 1 atom stereocenters. The van der Waals surface area contributed by atoms with Gasteiger partial charge in [-0.25, -0.2) is 8.42 Å². The standard InChI is InChI=1S/C33H42N2O5S2.Li/c1-4-5-22-42(39,40)35(20-19-26-13-7-6-8-14-26)24-27-17-18-29(30(23-27)28-15-10-9-12-25(28)2)32(36)34-31(33(37)38)16-11-21-41-3;/h6-10,12-15,17-18,23,31H,4-5,11,16,19-22,24H2,1-3H3,(H,34,36)(H,37,38);/q;+1/p-1/t31-;/m0./s1. The SMILES string of the molecule is CCCCS(=O)(=O)N(CCc1ccccc1)Cc1ccc(C(=O)N[C@@H](CCCSC)C(=O)[O-])c(-c2ccccc2C)c1.[Li+]. The molecule has 10 heteroatoms. The Kier molecular flexibility index (Phi) is 15.6. The fraction of sp³-hybridized carbons (Fsp3) is 0.394. The number of carbonyl (C=O) groups is 2. The second-order valence-corrected chi connectivity index (χ2v) is 13.5.